The molecule has 4 aromatic carbocycles. The van der Waals surface area contributed by atoms with Crippen molar-refractivity contribution in [1.29, 1.82) is 0 Å². The molecule has 0 atom stereocenters. The Bertz CT molecular complexity index is 1410. The van der Waals surface area contributed by atoms with E-state index in [4.69, 9.17) is 4.74 Å². The van der Waals surface area contributed by atoms with Gasteiger partial charge in [0.2, 0.25) is 0 Å². The fraction of sp³-hybridized carbons (Fsp3) is 0.267. The number of aryl methyl sites for hydroxylation is 3. The first kappa shape index (κ1) is 27.5. The summed E-state index contributed by atoms with van der Waals surface area (Å²) in [5, 5.41) is 0.995. The monoisotopic (exact) mass is 532 g/mol. The van der Waals surface area contributed by atoms with Crippen molar-refractivity contribution < 1.29 is 35.8 Å². The number of methoxy groups -OCH3 is 1. The number of fused-ring (bicyclic) bond motifs is 1. The zero-order valence-corrected chi connectivity index (χ0v) is 20.7. The van der Waals surface area contributed by atoms with Gasteiger partial charge in [0, 0.05) is 24.7 Å². The first-order chi connectivity index (χ1) is 18.1. The van der Waals surface area contributed by atoms with Crippen molar-refractivity contribution in [1.82, 2.24) is 0 Å². The average Bonchev–Trinajstić information content (AvgIpc) is 2.87. The minimum absolute atomic E-state index is 0.255. The summed E-state index contributed by atoms with van der Waals surface area (Å²) in [6, 6.07) is 17.2. The average molecular weight is 533 g/mol. The number of benzene rings is 4. The molecule has 0 spiro atoms. The smallest absolute Gasteiger partial charge is 0.422 e. The van der Waals surface area contributed by atoms with Gasteiger partial charge >= 0.3 is 6.18 Å². The van der Waals surface area contributed by atoms with Gasteiger partial charge < -0.3 is 9.47 Å². The number of hydrogen-bond donors (Lipinski definition) is 0. The molecule has 0 aromatic heterocycles. The molecule has 2 nitrogen and oxygen atoms in total. The summed E-state index contributed by atoms with van der Waals surface area (Å²) >= 11 is 0. The number of halogens is 6. The second-order valence-corrected chi connectivity index (χ2v) is 9.05. The fourth-order valence-corrected chi connectivity index (χ4v) is 4.32. The van der Waals surface area contributed by atoms with Crippen LogP contribution in [0, 0.1) is 17.5 Å². The van der Waals surface area contributed by atoms with Gasteiger partial charge in [0.25, 0.3) is 0 Å². The molecule has 0 saturated carbocycles. The Hall–Kier alpha value is -3.52. The fourth-order valence-electron chi connectivity index (χ4n) is 4.32. The summed E-state index contributed by atoms with van der Waals surface area (Å²) in [7, 11) is 1.62. The van der Waals surface area contributed by atoms with Gasteiger partial charge in [-0.15, -0.1) is 0 Å². The van der Waals surface area contributed by atoms with Gasteiger partial charge in [-0.2, -0.15) is 13.2 Å². The van der Waals surface area contributed by atoms with E-state index in [-0.39, 0.29) is 18.7 Å². The molecule has 0 fully saturated rings. The maximum Gasteiger partial charge on any atom is 0.422 e. The molecule has 0 aliphatic heterocycles. The Morgan fingerprint density at radius 1 is 0.737 bits per heavy atom. The summed E-state index contributed by atoms with van der Waals surface area (Å²) in [6.45, 7) is -0.981. The molecular weight excluding hydrogens is 506 g/mol. The van der Waals surface area contributed by atoms with Crippen LogP contribution in [0.15, 0.2) is 66.7 Å². The van der Waals surface area contributed by atoms with Crippen molar-refractivity contribution in [3.05, 3.63) is 101 Å². The Morgan fingerprint density at radius 3 is 2.18 bits per heavy atom. The van der Waals surface area contributed by atoms with Crippen LogP contribution in [0.25, 0.3) is 21.9 Å². The standard InChI is InChI=1S/C30H26F6O2/c1-37-14-2-3-19-5-11-24(26(31)15-19)22-10-12-25-23(17-22)9-8-21(29(25)33)7-4-20-6-13-28(27(32)16-20)38-18-30(34,35)36/h5-6,8-13,15-17H,2-4,7,14,18H2,1H3. The number of ether oxygens (including phenoxy) is 2. The molecule has 0 unspecified atom stereocenters. The van der Waals surface area contributed by atoms with E-state index in [1.54, 1.807) is 43.5 Å². The van der Waals surface area contributed by atoms with E-state index in [0.717, 1.165) is 24.1 Å². The Labute approximate surface area is 216 Å². The third kappa shape index (κ3) is 6.86. The third-order valence-corrected chi connectivity index (χ3v) is 6.26. The van der Waals surface area contributed by atoms with Gasteiger partial charge in [-0.1, -0.05) is 42.5 Å². The van der Waals surface area contributed by atoms with Gasteiger partial charge in [-0.3, -0.25) is 0 Å². The van der Waals surface area contributed by atoms with Crippen LogP contribution in [-0.4, -0.2) is 26.5 Å². The van der Waals surface area contributed by atoms with Crippen LogP contribution in [0.2, 0.25) is 0 Å². The molecule has 0 radical (unpaired) electrons. The van der Waals surface area contributed by atoms with Crippen molar-refractivity contribution in [3.63, 3.8) is 0 Å². The normalized spacial score (nSPS) is 11.8. The minimum Gasteiger partial charge on any atom is -0.481 e. The van der Waals surface area contributed by atoms with E-state index in [2.05, 4.69) is 4.74 Å². The highest BCUT2D eigenvalue weighted by Gasteiger charge is 2.29. The zero-order chi connectivity index (χ0) is 27.3. The second-order valence-electron chi connectivity index (χ2n) is 9.05. The van der Waals surface area contributed by atoms with Crippen molar-refractivity contribution in [2.24, 2.45) is 0 Å². The Morgan fingerprint density at radius 2 is 1.47 bits per heavy atom. The predicted octanol–water partition coefficient (Wildman–Crippen LogP) is 8.23. The maximum atomic E-state index is 15.3. The van der Waals surface area contributed by atoms with Crippen LogP contribution >= 0.6 is 0 Å². The Balaban J connectivity index is 1.47. The van der Waals surface area contributed by atoms with Gasteiger partial charge in [-0.05, 0) is 77.6 Å². The van der Waals surface area contributed by atoms with Gasteiger partial charge in [0.05, 0.1) is 0 Å². The predicted molar refractivity (Wildman–Crippen MR) is 135 cm³/mol. The van der Waals surface area contributed by atoms with E-state index >= 15 is 4.39 Å². The number of hydrogen-bond acceptors (Lipinski definition) is 2. The van der Waals surface area contributed by atoms with Crippen molar-refractivity contribution >= 4 is 10.8 Å². The first-order valence-corrected chi connectivity index (χ1v) is 12.1. The third-order valence-electron chi connectivity index (χ3n) is 6.26. The van der Waals surface area contributed by atoms with Crippen molar-refractivity contribution in [3.8, 4) is 16.9 Å². The minimum atomic E-state index is -4.57. The summed E-state index contributed by atoms with van der Waals surface area (Å²) in [5.74, 6) is -2.17. The molecule has 8 heteroatoms. The molecule has 0 N–H and O–H groups in total. The van der Waals surface area contributed by atoms with E-state index in [1.807, 2.05) is 6.07 Å². The molecule has 0 saturated heterocycles. The highest BCUT2D eigenvalue weighted by Crippen LogP contribution is 2.30. The van der Waals surface area contributed by atoms with E-state index < -0.39 is 30.2 Å². The molecule has 38 heavy (non-hydrogen) atoms. The molecule has 0 aliphatic carbocycles. The van der Waals surface area contributed by atoms with Crippen LogP contribution in [0.1, 0.15) is 23.1 Å². The van der Waals surface area contributed by atoms with Crippen LogP contribution in [-0.2, 0) is 24.0 Å². The molecule has 0 heterocycles. The Kier molecular flexibility index (Phi) is 8.62. The van der Waals surface area contributed by atoms with Crippen molar-refractivity contribution in [2.45, 2.75) is 31.9 Å². The number of alkyl halides is 3. The SMILES string of the molecule is COCCCc1ccc(-c2ccc3c(F)c(CCc4ccc(OCC(F)(F)F)c(F)c4)ccc3c2)c(F)c1. The van der Waals surface area contributed by atoms with Gasteiger partial charge in [-0.25, -0.2) is 13.2 Å². The van der Waals surface area contributed by atoms with Crippen LogP contribution in [0.3, 0.4) is 0 Å². The molecule has 0 amide bonds. The van der Waals surface area contributed by atoms with Crippen LogP contribution in [0.4, 0.5) is 26.3 Å². The lowest BCUT2D eigenvalue weighted by Gasteiger charge is -2.12. The maximum absolute atomic E-state index is 15.3. The molecular formula is C30H26F6O2. The molecule has 0 aliphatic rings. The lowest BCUT2D eigenvalue weighted by Crippen LogP contribution is -2.19. The summed E-state index contributed by atoms with van der Waals surface area (Å²) in [5.41, 5.74) is 2.85. The largest absolute Gasteiger partial charge is 0.481 e. The second kappa shape index (κ2) is 11.9. The quantitative estimate of drug-likeness (QED) is 0.151. The van der Waals surface area contributed by atoms with Crippen LogP contribution < -0.4 is 4.74 Å². The molecule has 4 rings (SSSR count). The zero-order valence-electron chi connectivity index (χ0n) is 20.7. The lowest BCUT2D eigenvalue weighted by atomic mass is 9.96. The summed E-state index contributed by atoms with van der Waals surface area (Å²) in [4.78, 5) is 0. The van der Waals surface area contributed by atoms with Gasteiger partial charge in [0.1, 0.15) is 11.6 Å². The van der Waals surface area contributed by atoms with Crippen molar-refractivity contribution in [2.75, 3.05) is 20.3 Å². The first-order valence-electron chi connectivity index (χ1n) is 12.1. The van der Waals surface area contributed by atoms with E-state index in [1.165, 1.54) is 12.1 Å². The topological polar surface area (TPSA) is 18.5 Å². The highest BCUT2D eigenvalue weighted by molar-refractivity contribution is 5.88. The summed E-state index contributed by atoms with van der Waals surface area (Å²) < 4.78 is 90.6. The summed E-state index contributed by atoms with van der Waals surface area (Å²) in [6.07, 6.45) is -2.53. The molecule has 200 valence electrons. The highest BCUT2D eigenvalue weighted by atomic mass is 19.4. The molecule has 4 aromatic rings. The van der Waals surface area contributed by atoms with E-state index in [9.17, 15) is 22.0 Å². The number of rotatable bonds is 10. The molecule has 0 bridgehead atoms. The van der Waals surface area contributed by atoms with Crippen LogP contribution in [0.5, 0.6) is 5.75 Å². The lowest BCUT2D eigenvalue weighted by molar-refractivity contribution is -0.153. The van der Waals surface area contributed by atoms with Gasteiger partial charge in [0.15, 0.2) is 18.2 Å². The van der Waals surface area contributed by atoms with E-state index in [0.29, 0.717) is 46.1 Å².